The molecule has 0 N–H and O–H groups in total. The predicted octanol–water partition coefficient (Wildman–Crippen LogP) is 1.92. The predicted molar refractivity (Wildman–Crippen MR) is 54.2 cm³/mol. The molecule has 13 heavy (non-hydrogen) atoms. The normalized spacial score (nSPS) is 10.5. The first-order valence-corrected chi connectivity index (χ1v) is 4.41. The molecule has 72 valence electrons. The second-order valence-corrected chi connectivity index (χ2v) is 2.87. The molecule has 3 heteroatoms. The van der Waals surface area contributed by atoms with Crippen molar-refractivity contribution in [2.24, 2.45) is 0 Å². The Hall–Kier alpha value is -1.06. The lowest BCUT2D eigenvalue weighted by Gasteiger charge is -2.28. The van der Waals surface area contributed by atoms with E-state index >= 15 is 0 Å². The van der Waals surface area contributed by atoms with E-state index in [1.165, 1.54) is 0 Å². The summed E-state index contributed by atoms with van der Waals surface area (Å²) in [5.74, 6) is 0. The Morgan fingerprint density at radius 1 is 1.15 bits per heavy atom. The largest absolute Gasteiger partial charge is 0.258 e. The minimum absolute atomic E-state index is 0.660. The maximum Gasteiger partial charge on any atom is 0.0825 e. The van der Waals surface area contributed by atoms with Gasteiger partial charge in [0.2, 0.25) is 0 Å². The van der Waals surface area contributed by atoms with Gasteiger partial charge in [-0.1, -0.05) is 18.2 Å². The first-order valence-electron chi connectivity index (χ1n) is 4.41. The van der Waals surface area contributed by atoms with Crippen LogP contribution in [0.2, 0.25) is 0 Å². The second-order valence-electron chi connectivity index (χ2n) is 2.87. The van der Waals surface area contributed by atoms with E-state index in [2.05, 4.69) is 0 Å². The molecule has 3 nitrogen and oxygen atoms in total. The number of hydrogen-bond acceptors (Lipinski definition) is 3. The van der Waals surface area contributed by atoms with Crippen LogP contribution in [0.4, 0.5) is 5.69 Å². The Labute approximate surface area is 79.4 Å². The van der Waals surface area contributed by atoms with Crippen LogP contribution < -0.4 is 5.17 Å². The quantitative estimate of drug-likeness (QED) is 0.658. The van der Waals surface area contributed by atoms with Gasteiger partial charge >= 0.3 is 0 Å². The zero-order valence-electron chi connectivity index (χ0n) is 8.40. The van der Waals surface area contributed by atoms with Crippen LogP contribution in [0.25, 0.3) is 0 Å². The first kappa shape index (κ1) is 10.0. The van der Waals surface area contributed by atoms with Crippen molar-refractivity contribution in [1.82, 2.24) is 5.01 Å². The molecule has 0 aromatic heterocycles. The number of anilines is 1. The number of rotatable bonds is 4. The topological polar surface area (TPSA) is 15.7 Å². The Morgan fingerprint density at radius 2 is 1.77 bits per heavy atom. The molecule has 0 aliphatic heterocycles. The van der Waals surface area contributed by atoms with Gasteiger partial charge in [0.05, 0.1) is 12.3 Å². The minimum atomic E-state index is 0.660. The molecule has 0 fully saturated rings. The van der Waals surface area contributed by atoms with E-state index in [-0.39, 0.29) is 0 Å². The van der Waals surface area contributed by atoms with Gasteiger partial charge in [-0.3, -0.25) is 4.84 Å². The fraction of sp³-hybridized carbons (Fsp3) is 0.400. The zero-order chi connectivity index (χ0) is 9.68. The number of para-hydroxylation sites is 1. The zero-order valence-corrected chi connectivity index (χ0v) is 8.40. The summed E-state index contributed by atoms with van der Waals surface area (Å²) in [5, 5.41) is 3.67. The van der Waals surface area contributed by atoms with Crippen molar-refractivity contribution in [2.45, 2.75) is 6.92 Å². The molecule has 0 bridgehead atoms. The molecule has 1 aromatic rings. The third-order valence-corrected chi connectivity index (χ3v) is 1.59. The summed E-state index contributed by atoms with van der Waals surface area (Å²) in [5.41, 5.74) is 1.04. The van der Waals surface area contributed by atoms with Crippen LogP contribution in [-0.4, -0.2) is 25.7 Å². The lowest BCUT2D eigenvalue weighted by Crippen LogP contribution is -2.36. The number of hydrazine groups is 1. The monoisotopic (exact) mass is 180 g/mol. The molecule has 0 atom stereocenters. The summed E-state index contributed by atoms with van der Waals surface area (Å²) in [6.45, 7) is 2.63. The van der Waals surface area contributed by atoms with Crippen LogP contribution in [0.3, 0.4) is 0 Å². The maximum atomic E-state index is 5.45. The number of benzene rings is 1. The molecule has 0 heterocycles. The minimum Gasteiger partial charge on any atom is -0.258 e. The molecular weight excluding hydrogens is 164 g/mol. The first-order chi connectivity index (χ1) is 6.25. The molecule has 0 unspecified atom stereocenters. The van der Waals surface area contributed by atoms with Gasteiger partial charge in [-0.05, 0) is 19.1 Å². The van der Waals surface area contributed by atoms with E-state index in [0.29, 0.717) is 6.61 Å². The Morgan fingerprint density at radius 3 is 2.23 bits per heavy atom. The average Bonchev–Trinajstić information content (AvgIpc) is 2.15. The summed E-state index contributed by atoms with van der Waals surface area (Å²) in [6.07, 6.45) is 0. The molecule has 0 spiro atoms. The van der Waals surface area contributed by atoms with Gasteiger partial charge in [-0.2, -0.15) is 5.17 Å². The molecule has 0 amide bonds. The number of nitrogens with zero attached hydrogens (tertiary/aromatic N) is 2. The molecular formula is C10H16N2O. The highest BCUT2D eigenvalue weighted by Gasteiger charge is 2.07. The van der Waals surface area contributed by atoms with Crippen LogP contribution in [0.5, 0.6) is 0 Å². The van der Waals surface area contributed by atoms with Crippen LogP contribution in [0, 0.1) is 0 Å². The van der Waals surface area contributed by atoms with E-state index in [4.69, 9.17) is 4.84 Å². The summed E-state index contributed by atoms with van der Waals surface area (Å²) < 4.78 is 0. The molecule has 0 aliphatic rings. The van der Waals surface area contributed by atoms with Gasteiger partial charge in [0, 0.05) is 14.1 Å². The van der Waals surface area contributed by atoms with Crippen LogP contribution >= 0.6 is 0 Å². The lowest BCUT2D eigenvalue weighted by atomic mass is 10.3. The molecule has 1 rings (SSSR count). The van der Waals surface area contributed by atoms with Gasteiger partial charge in [-0.25, -0.2) is 5.01 Å². The highest BCUT2D eigenvalue weighted by molar-refractivity contribution is 5.42. The average molecular weight is 180 g/mol. The van der Waals surface area contributed by atoms with Gasteiger partial charge in [0.25, 0.3) is 0 Å². The van der Waals surface area contributed by atoms with E-state index in [0.717, 1.165) is 5.69 Å². The van der Waals surface area contributed by atoms with Gasteiger partial charge in [0.1, 0.15) is 0 Å². The Kier molecular flexibility index (Phi) is 3.73. The molecule has 0 saturated heterocycles. The summed E-state index contributed by atoms with van der Waals surface area (Å²) in [7, 11) is 3.89. The van der Waals surface area contributed by atoms with Crippen LogP contribution in [-0.2, 0) is 4.84 Å². The Balaban J connectivity index is 2.76. The van der Waals surface area contributed by atoms with Crippen molar-refractivity contribution < 1.29 is 4.84 Å². The summed E-state index contributed by atoms with van der Waals surface area (Å²) >= 11 is 0. The van der Waals surface area contributed by atoms with E-state index in [9.17, 15) is 0 Å². The van der Waals surface area contributed by atoms with Crippen molar-refractivity contribution in [3.8, 4) is 0 Å². The van der Waals surface area contributed by atoms with Crippen LogP contribution in [0.15, 0.2) is 30.3 Å². The smallest absolute Gasteiger partial charge is 0.0825 e. The highest BCUT2D eigenvalue weighted by atomic mass is 16.7. The highest BCUT2D eigenvalue weighted by Crippen LogP contribution is 2.13. The Bertz CT molecular complexity index is 236. The van der Waals surface area contributed by atoms with E-state index < -0.39 is 0 Å². The standard InChI is InChI=1S/C10H16N2O/c1-4-13-12(11(2)3)10-8-6-5-7-9-10/h5-9H,4H2,1-3H3. The molecule has 1 aromatic carbocycles. The third kappa shape index (κ3) is 2.72. The number of hydrogen-bond donors (Lipinski definition) is 0. The van der Waals surface area contributed by atoms with E-state index in [1.54, 1.807) is 5.17 Å². The van der Waals surface area contributed by atoms with Crippen molar-refractivity contribution in [3.05, 3.63) is 30.3 Å². The van der Waals surface area contributed by atoms with Crippen molar-refractivity contribution in [2.75, 3.05) is 25.9 Å². The SMILES string of the molecule is CCON(c1ccccc1)N(C)C. The van der Waals surface area contributed by atoms with Gasteiger partial charge in [-0.15, -0.1) is 0 Å². The van der Waals surface area contributed by atoms with Gasteiger partial charge < -0.3 is 0 Å². The third-order valence-electron chi connectivity index (χ3n) is 1.59. The van der Waals surface area contributed by atoms with Crippen molar-refractivity contribution in [3.63, 3.8) is 0 Å². The lowest BCUT2D eigenvalue weighted by molar-refractivity contribution is 0.0267. The fourth-order valence-electron chi connectivity index (χ4n) is 1.10. The molecule has 0 aliphatic carbocycles. The summed E-state index contributed by atoms with van der Waals surface area (Å²) in [4.78, 5) is 5.45. The summed E-state index contributed by atoms with van der Waals surface area (Å²) in [6, 6.07) is 9.99. The van der Waals surface area contributed by atoms with Crippen molar-refractivity contribution in [1.29, 1.82) is 0 Å². The second kappa shape index (κ2) is 4.84. The van der Waals surface area contributed by atoms with E-state index in [1.807, 2.05) is 56.4 Å². The molecule has 0 radical (unpaired) electrons. The van der Waals surface area contributed by atoms with Crippen LogP contribution in [0.1, 0.15) is 6.92 Å². The fourth-order valence-corrected chi connectivity index (χ4v) is 1.10. The maximum absolute atomic E-state index is 5.45. The van der Waals surface area contributed by atoms with Gasteiger partial charge in [0.15, 0.2) is 0 Å². The molecule has 0 saturated carbocycles. The van der Waals surface area contributed by atoms with Crippen molar-refractivity contribution >= 4 is 5.69 Å².